The first-order valence-electron chi connectivity index (χ1n) is 7.35. The van der Waals surface area contributed by atoms with E-state index in [0.29, 0.717) is 6.04 Å². The molecule has 0 bridgehead atoms. The van der Waals surface area contributed by atoms with Crippen LogP contribution in [0.15, 0.2) is 48.5 Å². The van der Waals surface area contributed by atoms with Gasteiger partial charge in [-0.15, -0.1) is 0 Å². The Kier molecular flexibility index (Phi) is 5.66. The first kappa shape index (κ1) is 15.9. The van der Waals surface area contributed by atoms with Crippen molar-refractivity contribution in [3.8, 4) is 0 Å². The predicted molar refractivity (Wildman–Crippen MR) is 92.0 cm³/mol. The molecule has 0 atom stereocenters. The molecule has 0 radical (unpaired) electrons. The molecule has 3 heteroatoms. The van der Waals surface area contributed by atoms with Gasteiger partial charge < -0.3 is 10.2 Å². The summed E-state index contributed by atoms with van der Waals surface area (Å²) in [5.74, 6) is 0. The third-order valence-electron chi connectivity index (χ3n) is 3.54. The van der Waals surface area contributed by atoms with Crippen LogP contribution >= 0.6 is 11.6 Å². The van der Waals surface area contributed by atoms with E-state index >= 15 is 0 Å². The van der Waals surface area contributed by atoms with Crippen molar-refractivity contribution in [2.24, 2.45) is 0 Å². The Labute approximate surface area is 132 Å². The number of nitrogens with one attached hydrogen (secondary N) is 1. The van der Waals surface area contributed by atoms with E-state index in [1.165, 1.54) is 16.8 Å². The zero-order valence-corrected chi connectivity index (χ0v) is 13.7. The first-order chi connectivity index (χ1) is 10.1. The fraction of sp³-hybridized carbons (Fsp3) is 0.333. The zero-order chi connectivity index (χ0) is 15.2. The van der Waals surface area contributed by atoms with E-state index in [9.17, 15) is 0 Å². The summed E-state index contributed by atoms with van der Waals surface area (Å²) >= 11 is 6.15. The van der Waals surface area contributed by atoms with Crippen molar-refractivity contribution in [2.45, 2.75) is 33.0 Å². The highest BCUT2D eigenvalue weighted by molar-refractivity contribution is 6.30. The maximum Gasteiger partial charge on any atom is 0.0432 e. The van der Waals surface area contributed by atoms with Crippen molar-refractivity contribution in [1.82, 2.24) is 5.32 Å². The predicted octanol–water partition coefficient (Wildman–Crippen LogP) is 4.47. The van der Waals surface area contributed by atoms with Gasteiger partial charge in [0.15, 0.2) is 0 Å². The monoisotopic (exact) mass is 302 g/mol. The van der Waals surface area contributed by atoms with Crippen LogP contribution in [0.25, 0.3) is 0 Å². The van der Waals surface area contributed by atoms with Crippen LogP contribution in [0.4, 0.5) is 5.69 Å². The third-order valence-corrected chi connectivity index (χ3v) is 3.77. The van der Waals surface area contributed by atoms with E-state index in [1.54, 1.807) is 0 Å². The molecule has 0 aliphatic rings. The molecule has 2 aromatic rings. The second kappa shape index (κ2) is 7.48. The molecule has 0 saturated carbocycles. The SMILES string of the molecule is CNCc1cc(Cl)ccc1N(Cc1ccccc1)C(C)C. The lowest BCUT2D eigenvalue weighted by Gasteiger charge is -2.31. The van der Waals surface area contributed by atoms with Gasteiger partial charge in [-0.25, -0.2) is 0 Å². The van der Waals surface area contributed by atoms with E-state index in [1.807, 2.05) is 19.2 Å². The zero-order valence-electron chi connectivity index (χ0n) is 12.9. The molecule has 0 unspecified atom stereocenters. The summed E-state index contributed by atoms with van der Waals surface area (Å²) in [4.78, 5) is 2.42. The number of hydrogen-bond acceptors (Lipinski definition) is 2. The van der Waals surface area contributed by atoms with Gasteiger partial charge in [-0.3, -0.25) is 0 Å². The molecule has 112 valence electrons. The molecule has 0 spiro atoms. The molecule has 0 amide bonds. The molecule has 2 nitrogen and oxygen atoms in total. The second-order valence-electron chi connectivity index (χ2n) is 5.51. The van der Waals surface area contributed by atoms with Gasteiger partial charge in [-0.05, 0) is 50.2 Å². The Morgan fingerprint density at radius 2 is 1.81 bits per heavy atom. The standard InChI is InChI=1S/C18H23ClN2/c1-14(2)21(13-15-7-5-4-6-8-15)18-10-9-17(19)11-16(18)12-20-3/h4-11,14,20H,12-13H2,1-3H3. The highest BCUT2D eigenvalue weighted by Crippen LogP contribution is 2.27. The van der Waals surface area contributed by atoms with Crippen LogP contribution in [-0.4, -0.2) is 13.1 Å². The van der Waals surface area contributed by atoms with Gasteiger partial charge >= 0.3 is 0 Å². The molecule has 21 heavy (non-hydrogen) atoms. The summed E-state index contributed by atoms with van der Waals surface area (Å²) in [5, 5.41) is 4.01. The number of anilines is 1. The first-order valence-corrected chi connectivity index (χ1v) is 7.73. The Morgan fingerprint density at radius 1 is 1.10 bits per heavy atom. The van der Waals surface area contributed by atoms with Crippen molar-refractivity contribution in [3.05, 3.63) is 64.7 Å². The van der Waals surface area contributed by atoms with Crippen molar-refractivity contribution in [2.75, 3.05) is 11.9 Å². The van der Waals surface area contributed by atoms with Crippen LogP contribution in [0.3, 0.4) is 0 Å². The fourth-order valence-corrected chi connectivity index (χ4v) is 2.69. The van der Waals surface area contributed by atoms with Crippen LogP contribution in [0, 0.1) is 0 Å². The fourth-order valence-electron chi connectivity index (χ4n) is 2.49. The van der Waals surface area contributed by atoms with Crippen LogP contribution in [0.1, 0.15) is 25.0 Å². The van der Waals surface area contributed by atoms with Gasteiger partial charge in [0, 0.05) is 29.8 Å². The molecular formula is C18H23ClN2. The second-order valence-corrected chi connectivity index (χ2v) is 5.95. The van der Waals surface area contributed by atoms with Crippen LogP contribution < -0.4 is 10.2 Å². The summed E-state index contributed by atoms with van der Waals surface area (Å²) in [6, 6.07) is 17.1. The summed E-state index contributed by atoms with van der Waals surface area (Å²) in [6.07, 6.45) is 0. The minimum atomic E-state index is 0.419. The summed E-state index contributed by atoms with van der Waals surface area (Å²) in [5.41, 5.74) is 3.79. The maximum absolute atomic E-state index is 6.15. The Hall–Kier alpha value is -1.51. The van der Waals surface area contributed by atoms with Crippen molar-refractivity contribution >= 4 is 17.3 Å². The van der Waals surface area contributed by atoms with E-state index in [4.69, 9.17) is 11.6 Å². The molecular weight excluding hydrogens is 280 g/mol. The van der Waals surface area contributed by atoms with Gasteiger partial charge in [-0.2, -0.15) is 0 Å². The number of nitrogens with zero attached hydrogens (tertiary/aromatic N) is 1. The summed E-state index contributed by atoms with van der Waals surface area (Å²) in [7, 11) is 1.96. The minimum Gasteiger partial charge on any atom is -0.365 e. The topological polar surface area (TPSA) is 15.3 Å². The van der Waals surface area contributed by atoms with Crippen molar-refractivity contribution in [1.29, 1.82) is 0 Å². The van der Waals surface area contributed by atoms with Gasteiger partial charge in [0.25, 0.3) is 0 Å². The normalized spacial score (nSPS) is 10.9. The van der Waals surface area contributed by atoms with E-state index < -0.39 is 0 Å². The molecule has 0 aromatic heterocycles. The molecule has 2 rings (SSSR count). The number of rotatable bonds is 6. The molecule has 1 N–H and O–H groups in total. The number of benzene rings is 2. The minimum absolute atomic E-state index is 0.419. The van der Waals surface area contributed by atoms with E-state index in [-0.39, 0.29) is 0 Å². The molecule has 2 aromatic carbocycles. The molecule has 0 aliphatic carbocycles. The van der Waals surface area contributed by atoms with Gasteiger partial charge in [-0.1, -0.05) is 41.9 Å². The average molecular weight is 303 g/mol. The largest absolute Gasteiger partial charge is 0.365 e. The third kappa shape index (κ3) is 4.23. The van der Waals surface area contributed by atoms with Gasteiger partial charge in [0.2, 0.25) is 0 Å². The lowest BCUT2D eigenvalue weighted by Crippen LogP contribution is -2.31. The van der Waals surface area contributed by atoms with Gasteiger partial charge in [0.05, 0.1) is 0 Å². The van der Waals surface area contributed by atoms with Crippen LogP contribution in [0.5, 0.6) is 0 Å². The highest BCUT2D eigenvalue weighted by Gasteiger charge is 2.15. The van der Waals surface area contributed by atoms with Crippen LogP contribution in [-0.2, 0) is 13.1 Å². The van der Waals surface area contributed by atoms with Gasteiger partial charge in [0.1, 0.15) is 0 Å². The van der Waals surface area contributed by atoms with Crippen LogP contribution in [0.2, 0.25) is 5.02 Å². The summed E-state index contributed by atoms with van der Waals surface area (Å²) in [6.45, 7) is 6.16. The lowest BCUT2D eigenvalue weighted by molar-refractivity contribution is 0.674. The van der Waals surface area contributed by atoms with Crippen molar-refractivity contribution < 1.29 is 0 Å². The summed E-state index contributed by atoms with van der Waals surface area (Å²) < 4.78 is 0. The maximum atomic E-state index is 6.15. The molecule has 0 saturated heterocycles. The Bertz CT molecular complexity index is 567. The lowest BCUT2D eigenvalue weighted by atomic mass is 10.1. The van der Waals surface area contributed by atoms with E-state index in [0.717, 1.165) is 18.1 Å². The quantitative estimate of drug-likeness (QED) is 0.846. The average Bonchev–Trinajstić information content (AvgIpc) is 2.47. The smallest absolute Gasteiger partial charge is 0.0432 e. The number of halogens is 1. The highest BCUT2D eigenvalue weighted by atomic mass is 35.5. The molecule has 0 heterocycles. The number of hydrogen-bond donors (Lipinski definition) is 1. The Balaban J connectivity index is 2.34. The molecule has 0 fully saturated rings. The Morgan fingerprint density at radius 3 is 2.43 bits per heavy atom. The molecule has 0 aliphatic heterocycles. The van der Waals surface area contributed by atoms with E-state index in [2.05, 4.69) is 60.5 Å². The van der Waals surface area contributed by atoms with Crippen molar-refractivity contribution in [3.63, 3.8) is 0 Å².